The van der Waals surface area contributed by atoms with Gasteiger partial charge in [0.15, 0.2) is 0 Å². The first kappa shape index (κ1) is 15.7. The number of carboxylic acid groups (broad SMARTS) is 1. The van der Waals surface area contributed by atoms with E-state index in [-0.39, 0.29) is 12.3 Å². The molecule has 0 aromatic heterocycles. The third-order valence-electron chi connectivity index (χ3n) is 3.56. The molecule has 0 spiro atoms. The van der Waals surface area contributed by atoms with Crippen LogP contribution in [0.3, 0.4) is 0 Å². The summed E-state index contributed by atoms with van der Waals surface area (Å²) in [5.74, 6) is 0.903. The third kappa shape index (κ3) is 3.69. The topological polar surface area (TPSA) is 66.8 Å². The van der Waals surface area contributed by atoms with E-state index in [0.717, 1.165) is 22.6 Å². The van der Waals surface area contributed by atoms with Crippen LogP contribution in [0.2, 0.25) is 0 Å². The molecule has 1 unspecified atom stereocenters. The summed E-state index contributed by atoms with van der Waals surface area (Å²) in [4.78, 5) is 25.1. The maximum Gasteiger partial charge on any atom is 0.327 e. The molecule has 0 saturated carbocycles. The third-order valence-corrected chi connectivity index (χ3v) is 4.58. The molecular formula is C15H19NO4S. The van der Waals surface area contributed by atoms with Gasteiger partial charge in [-0.1, -0.05) is 12.1 Å². The Hall–Kier alpha value is -1.69. The largest absolute Gasteiger partial charge is 0.496 e. The van der Waals surface area contributed by atoms with E-state index in [1.54, 1.807) is 18.9 Å². The highest BCUT2D eigenvalue weighted by molar-refractivity contribution is 7.99. The summed E-state index contributed by atoms with van der Waals surface area (Å²) < 4.78 is 5.25. The van der Waals surface area contributed by atoms with Gasteiger partial charge in [-0.15, -0.1) is 0 Å². The van der Waals surface area contributed by atoms with Gasteiger partial charge in [-0.3, -0.25) is 4.79 Å². The maximum atomic E-state index is 12.4. The SMILES string of the molecule is COc1cc(CC(=O)N2CCSCC2C(=O)O)ccc1C. The van der Waals surface area contributed by atoms with Gasteiger partial charge < -0.3 is 14.7 Å². The second-order valence-corrected chi connectivity index (χ2v) is 6.15. The number of carboxylic acids is 1. The maximum absolute atomic E-state index is 12.4. The van der Waals surface area contributed by atoms with Gasteiger partial charge in [0.05, 0.1) is 13.5 Å². The van der Waals surface area contributed by atoms with E-state index < -0.39 is 12.0 Å². The molecule has 1 fully saturated rings. The van der Waals surface area contributed by atoms with Crippen molar-refractivity contribution in [3.63, 3.8) is 0 Å². The van der Waals surface area contributed by atoms with Crippen LogP contribution in [0.5, 0.6) is 5.75 Å². The number of thioether (sulfide) groups is 1. The standard InChI is InChI=1S/C15H19NO4S/c1-10-3-4-11(7-13(10)20-2)8-14(17)16-5-6-21-9-12(16)15(18)19/h3-4,7,12H,5-6,8-9H2,1-2H3,(H,18,19). The number of amides is 1. The van der Waals surface area contributed by atoms with Crippen LogP contribution < -0.4 is 4.74 Å². The minimum atomic E-state index is -0.933. The zero-order valence-corrected chi connectivity index (χ0v) is 13.0. The molecule has 1 aliphatic heterocycles. The Kier molecular flexibility index (Phi) is 5.12. The van der Waals surface area contributed by atoms with Crippen molar-refractivity contribution in [1.82, 2.24) is 4.90 Å². The minimum absolute atomic E-state index is 0.145. The Morgan fingerprint density at radius 2 is 2.24 bits per heavy atom. The Balaban J connectivity index is 2.11. The van der Waals surface area contributed by atoms with E-state index in [0.29, 0.717) is 12.3 Å². The summed E-state index contributed by atoms with van der Waals surface area (Å²) in [6, 6.07) is 4.90. The van der Waals surface area contributed by atoms with Crippen LogP contribution >= 0.6 is 11.8 Å². The zero-order valence-electron chi connectivity index (χ0n) is 12.2. The summed E-state index contributed by atoms with van der Waals surface area (Å²) in [6.45, 7) is 2.43. The summed E-state index contributed by atoms with van der Waals surface area (Å²) in [5.41, 5.74) is 1.84. The van der Waals surface area contributed by atoms with E-state index >= 15 is 0 Å². The first-order valence-corrected chi connectivity index (χ1v) is 7.92. The fourth-order valence-corrected chi connectivity index (χ4v) is 3.40. The quantitative estimate of drug-likeness (QED) is 0.914. The Labute approximate surface area is 128 Å². The second kappa shape index (κ2) is 6.85. The number of carbonyl (C=O) groups is 2. The predicted molar refractivity (Wildman–Crippen MR) is 81.9 cm³/mol. The minimum Gasteiger partial charge on any atom is -0.496 e. The van der Waals surface area contributed by atoms with Gasteiger partial charge in [-0.05, 0) is 24.1 Å². The van der Waals surface area contributed by atoms with E-state index in [2.05, 4.69) is 0 Å². The van der Waals surface area contributed by atoms with Crippen LogP contribution in [-0.2, 0) is 16.0 Å². The first-order chi connectivity index (χ1) is 10.0. The van der Waals surface area contributed by atoms with Gasteiger partial charge in [0.1, 0.15) is 11.8 Å². The van der Waals surface area contributed by atoms with E-state index in [4.69, 9.17) is 4.74 Å². The van der Waals surface area contributed by atoms with Gasteiger partial charge in [0.2, 0.25) is 5.91 Å². The molecule has 1 saturated heterocycles. The number of hydrogen-bond acceptors (Lipinski definition) is 4. The highest BCUT2D eigenvalue weighted by atomic mass is 32.2. The van der Waals surface area contributed by atoms with Gasteiger partial charge in [0.25, 0.3) is 0 Å². The highest BCUT2D eigenvalue weighted by Crippen LogP contribution is 2.21. The smallest absolute Gasteiger partial charge is 0.327 e. The van der Waals surface area contributed by atoms with E-state index in [9.17, 15) is 14.7 Å². The predicted octanol–water partition coefficient (Wildman–Crippen LogP) is 1.57. The molecule has 1 amide bonds. The number of rotatable bonds is 4. The Morgan fingerprint density at radius 3 is 2.90 bits per heavy atom. The molecule has 21 heavy (non-hydrogen) atoms. The summed E-state index contributed by atoms with van der Waals surface area (Å²) in [7, 11) is 1.59. The van der Waals surface area contributed by atoms with E-state index in [1.807, 2.05) is 25.1 Å². The van der Waals surface area contributed by atoms with Gasteiger partial charge >= 0.3 is 5.97 Å². The molecule has 0 bridgehead atoms. The number of methoxy groups -OCH3 is 1. The lowest BCUT2D eigenvalue weighted by Crippen LogP contribution is -2.50. The van der Waals surface area contributed by atoms with Crippen molar-refractivity contribution >= 4 is 23.6 Å². The summed E-state index contributed by atoms with van der Waals surface area (Å²) in [6.07, 6.45) is 0.199. The van der Waals surface area contributed by atoms with E-state index in [1.165, 1.54) is 4.90 Å². The molecule has 0 aliphatic carbocycles. The fraction of sp³-hybridized carbons (Fsp3) is 0.467. The Morgan fingerprint density at radius 1 is 1.48 bits per heavy atom. The van der Waals surface area contributed by atoms with Crippen molar-refractivity contribution in [2.75, 3.05) is 25.2 Å². The lowest BCUT2D eigenvalue weighted by Gasteiger charge is -2.32. The van der Waals surface area contributed by atoms with Crippen molar-refractivity contribution in [2.24, 2.45) is 0 Å². The van der Waals surface area contributed by atoms with Crippen LogP contribution in [0.25, 0.3) is 0 Å². The van der Waals surface area contributed by atoms with Crippen molar-refractivity contribution in [3.05, 3.63) is 29.3 Å². The monoisotopic (exact) mass is 309 g/mol. The summed E-state index contributed by atoms with van der Waals surface area (Å²) >= 11 is 1.57. The molecule has 2 rings (SSSR count). The number of benzene rings is 1. The molecule has 1 aromatic rings. The van der Waals surface area contributed by atoms with Gasteiger partial charge in [-0.2, -0.15) is 11.8 Å². The molecule has 1 aliphatic rings. The normalized spacial score (nSPS) is 18.4. The highest BCUT2D eigenvalue weighted by Gasteiger charge is 2.32. The van der Waals surface area contributed by atoms with Crippen molar-refractivity contribution < 1.29 is 19.4 Å². The van der Waals surface area contributed by atoms with Crippen LogP contribution in [0.1, 0.15) is 11.1 Å². The first-order valence-electron chi connectivity index (χ1n) is 6.76. The average Bonchev–Trinajstić information content (AvgIpc) is 2.49. The summed E-state index contributed by atoms with van der Waals surface area (Å²) in [5, 5.41) is 9.21. The van der Waals surface area contributed by atoms with Crippen molar-refractivity contribution in [3.8, 4) is 5.75 Å². The van der Waals surface area contributed by atoms with Gasteiger partial charge in [-0.25, -0.2) is 4.79 Å². The van der Waals surface area contributed by atoms with Crippen LogP contribution in [0.4, 0.5) is 0 Å². The average molecular weight is 309 g/mol. The van der Waals surface area contributed by atoms with Crippen LogP contribution in [0, 0.1) is 6.92 Å². The number of hydrogen-bond donors (Lipinski definition) is 1. The number of aryl methyl sites for hydroxylation is 1. The molecular weight excluding hydrogens is 290 g/mol. The number of ether oxygens (including phenoxy) is 1. The molecule has 1 atom stereocenters. The fourth-order valence-electron chi connectivity index (χ4n) is 2.36. The van der Waals surface area contributed by atoms with Crippen LogP contribution in [-0.4, -0.2) is 53.1 Å². The van der Waals surface area contributed by atoms with Crippen molar-refractivity contribution in [1.29, 1.82) is 0 Å². The molecule has 1 aromatic carbocycles. The lowest BCUT2D eigenvalue weighted by atomic mass is 10.1. The zero-order chi connectivity index (χ0) is 15.4. The van der Waals surface area contributed by atoms with Gasteiger partial charge in [0, 0.05) is 18.1 Å². The molecule has 5 nitrogen and oxygen atoms in total. The molecule has 0 radical (unpaired) electrons. The second-order valence-electron chi connectivity index (χ2n) is 5.00. The molecule has 6 heteroatoms. The van der Waals surface area contributed by atoms with Crippen LogP contribution in [0.15, 0.2) is 18.2 Å². The number of aliphatic carboxylic acids is 1. The number of nitrogens with zero attached hydrogens (tertiary/aromatic N) is 1. The molecule has 1 heterocycles. The molecule has 114 valence electrons. The lowest BCUT2D eigenvalue weighted by molar-refractivity contribution is -0.148. The molecule has 1 N–H and O–H groups in total. The van der Waals surface area contributed by atoms with Crippen molar-refractivity contribution in [2.45, 2.75) is 19.4 Å². The Bertz CT molecular complexity index is 546. The number of carbonyl (C=O) groups excluding carboxylic acids is 1.